The van der Waals surface area contributed by atoms with Crippen LogP contribution in [0.25, 0.3) is 0 Å². The highest BCUT2D eigenvalue weighted by Crippen LogP contribution is 2.28. The standard InChI is InChI=1S/C14H18N2O2S/c1-3-18-13(17)11-9(2)15-14(19)16-12(11)10-7-5-4-6-8-10/h4-9,11-12H,3H2,1-2H3,(H2,15,16,19). The van der Waals surface area contributed by atoms with Crippen LogP contribution in [0.15, 0.2) is 30.3 Å². The summed E-state index contributed by atoms with van der Waals surface area (Å²) in [6.07, 6.45) is 0. The van der Waals surface area contributed by atoms with Crippen LogP contribution in [0.1, 0.15) is 25.5 Å². The molecule has 1 aromatic rings. The van der Waals surface area contributed by atoms with Crippen LogP contribution >= 0.6 is 12.2 Å². The lowest BCUT2D eigenvalue weighted by molar-refractivity contribution is -0.150. The second kappa shape index (κ2) is 6.02. The van der Waals surface area contributed by atoms with E-state index in [2.05, 4.69) is 10.6 Å². The Hall–Kier alpha value is -1.62. The predicted octanol–water partition coefficient (Wildman–Crippen LogP) is 1.77. The zero-order valence-corrected chi connectivity index (χ0v) is 11.9. The molecule has 4 nitrogen and oxygen atoms in total. The van der Waals surface area contributed by atoms with E-state index in [0.717, 1.165) is 5.56 Å². The summed E-state index contributed by atoms with van der Waals surface area (Å²) in [5.74, 6) is -0.500. The van der Waals surface area contributed by atoms with E-state index < -0.39 is 0 Å². The van der Waals surface area contributed by atoms with Crippen LogP contribution in [0.3, 0.4) is 0 Å². The fourth-order valence-corrected chi connectivity index (χ4v) is 2.70. The lowest BCUT2D eigenvalue weighted by Gasteiger charge is -2.37. The average molecular weight is 278 g/mol. The third-order valence-corrected chi connectivity index (χ3v) is 3.50. The maximum absolute atomic E-state index is 12.2. The molecule has 0 aliphatic carbocycles. The summed E-state index contributed by atoms with van der Waals surface area (Å²) in [5.41, 5.74) is 1.04. The van der Waals surface area contributed by atoms with Crippen molar-refractivity contribution in [2.45, 2.75) is 25.9 Å². The molecule has 1 aromatic carbocycles. The molecule has 2 N–H and O–H groups in total. The highest BCUT2D eigenvalue weighted by atomic mass is 32.1. The molecule has 1 aliphatic heterocycles. The second-order valence-corrected chi connectivity index (χ2v) is 4.98. The van der Waals surface area contributed by atoms with Gasteiger partial charge in [-0.3, -0.25) is 4.79 Å². The van der Waals surface area contributed by atoms with Crippen molar-refractivity contribution in [2.75, 3.05) is 6.61 Å². The summed E-state index contributed by atoms with van der Waals surface area (Å²) in [5, 5.41) is 6.83. The molecule has 19 heavy (non-hydrogen) atoms. The van der Waals surface area contributed by atoms with Gasteiger partial charge in [-0.25, -0.2) is 0 Å². The van der Waals surface area contributed by atoms with Crippen molar-refractivity contribution < 1.29 is 9.53 Å². The van der Waals surface area contributed by atoms with E-state index in [4.69, 9.17) is 17.0 Å². The van der Waals surface area contributed by atoms with Gasteiger partial charge in [0.15, 0.2) is 5.11 Å². The first-order chi connectivity index (χ1) is 9.13. The molecule has 3 atom stereocenters. The lowest BCUT2D eigenvalue weighted by atomic mass is 9.86. The normalized spacial score (nSPS) is 26.2. The van der Waals surface area contributed by atoms with Crippen molar-refractivity contribution in [1.29, 1.82) is 0 Å². The molecular weight excluding hydrogens is 260 g/mol. The third kappa shape index (κ3) is 3.04. The average Bonchev–Trinajstić information content (AvgIpc) is 2.39. The number of esters is 1. The van der Waals surface area contributed by atoms with Gasteiger partial charge in [-0.05, 0) is 31.6 Å². The number of nitrogens with one attached hydrogen (secondary N) is 2. The molecular formula is C14H18N2O2S. The Labute approximate surface area is 118 Å². The van der Waals surface area contributed by atoms with Crippen molar-refractivity contribution in [1.82, 2.24) is 10.6 Å². The number of benzene rings is 1. The van der Waals surface area contributed by atoms with Crippen molar-refractivity contribution in [2.24, 2.45) is 5.92 Å². The predicted molar refractivity (Wildman–Crippen MR) is 77.6 cm³/mol. The van der Waals surface area contributed by atoms with E-state index in [-0.39, 0.29) is 24.0 Å². The largest absolute Gasteiger partial charge is 0.466 e. The van der Waals surface area contributed by atoms with Gasteiger partial charge >= 0.3 is 5.97 Å². The van der Waals surface area contributed by atoms with E-state index in [1.807, 2.05) is 44.2 Å². The van der Waals surface area contributed by atoms with E-state index in [1.54, 1.807) is 0 Å². The van der Waals surface area contributed by atoms with E-state index in [9.17, 15) is 4.79 Å². The molecule has 0 radical (unpaired) electrons. The van der Waals surface area contributed by atoms with Gasteiger partial charge in [0.25, 0.3) is 0 Å². The molecule has 1 aliphatic rings. The Bertz CT molecular complexity index is 464. The van der Waals surface area contributed by atoms with Gasteiger partial charge in [0, 0.05) is 6.04 Å². The first kappa shape index (κ1) is 13.8. The molecule has 5 heteroatoms. The monoisotopic (exact) mass is 278 g/mol. The third-order valence-electron chi connectivity index (χ3n) is 3.26. The number of rotatable bonds is 3. The maximum Gasteiger partial charge on any atom is 0.313 e. The summed E-state index contributed by atoms with van der Waals surface area (Å²) in [6.45, 7) is 4.15. The summed E-state index contributed by atoms with van der Waals surface area (Å²) in [7, 11) is 0. The van der Waals surface area contributed by atoms with Gasteiger partial charge < -0.3 is 15.4 Å². The van der Waals surface area contributed by atoms with Gasteiger partial charge in [0.2, 0.25) is 0 Å². The van der Waals surface area contributed by atoms with E-state index in [0.29, 0.717) is 11.7 Å². The van der Waals surface area contributed by atoms with Crippen molar-refractivity contribution in [3.8, 4) is 0 Å². The van der Waals surface area contributed by atoms with Crippen molar-refractivity contribution in [3.05, 3.63) is 35.9 Å². The number of hydrogen-bond donors (Lipinski definition) is 2. The number of hydrogen-bond acceptors (Lipinski definition) is 3. The minimum absolute atomic E-state index is 0.0574. The molecule has 1 heterocycles. The second-order valence-electron chi connectivity index (χ2n) is 4.57. The van der Waals surface area contributed by atoms with Crippen LogP contribution in [0.2, 0.25) is 0 Å². The Morgan fingerprint density at radius 2 is 2.00 bits per heavy atom. The summed E-state index contributed by atoms with van der Waals surface area (Å²) >= 11 is 5.19. The number of thiocarbonyl (C=S) groups is 1. The molecule has 0 bridgehead atoms. The SMILES string of the molecule is CCOC(=O)C1C(C)NC(=S)NC1c1ccccc1. The number of carbonyl (C=O) groups excluding carboxylic acids is 1. The molecule has 2 rings (SSSR count). The first-order valence-electron chi connectivity index (χ1n) is 6.42. The Morgan fingerprint density at radius 3 is 2.63 bits per heavy atom. The Balaban J connectivity index is 2.29. The van der Waals surface area contributed by atoms with E-state index >= 15 is 0 Å². The zero-order chi connectivity index (χ0) is 13.8. The van der Waals surface area contributed by atoms with Gasteiger partial charge in [-0.1, -0.05) is 30.3 Å². The van der Waals surface area contributed by atoms with Crippen molar-refractivity contribution in [3.63, 3.8) is 0 Å². The maximum atomic E-state index is 12.2. The molecule has 1 fully saturated rings. The fraction of sp³-hybridized carbons (Fsp3) is 0.429. The summed E-state index contributed by atoms with van der Waals surface area (Å²) < 4.78 is 5.18. The van der Waals surface area contributed by atoms with Gasteiger partial charge in [-0.15, -0.1) is 0 Å². The number of carbonyl (C=O) groups is 1. The minimum atomic E-state index is -0.297. The molecule has 0 spiro atoms. The highest BCUT2D eigenvalue weighted by molar-refractivity contribution is 7.80. The summed E-state index contributed by atoms with van der Waals surface area (Å²) in [4.78, 5) is 12.2. The molecule has 0 aromatic heterocycles. The molecule has 0 saturated carbocycles. The highest BCUT2D eigenvalue weighted by Gasteiger charge is 2.39. The molecule has 3 unspecified atom stereocenters. The Kier molecular flexibility index (Phi) is 4.37. The molecule has 0 amide bonds. The minimum Gasteiger partial charge on any atom is -0.466 e. The zero-order valence-electron chi connectivity index (χ0n) is 11.1. The van der Waals surface area contributed by atoms with E-state index in [1.165, 1.54) is 0 Å². The van der Waals surface area contributed by atoms with Crippen LogP contribution in [0.5, 0.6) is 0 Å². The van der Waals surface area contributed by atoms with Gasteiger partial charge in [0.05, 0.1) is 12.6 Å². The molecule has 102 valence electrons. The quantitative estimate of drug-likeness (QED) is 0.652. The van der Waals surface area contributed by atoms with Crippen LogP contribution in [0.4, 0.5) is 0 Å². The van der Waals surface area contributed by atoms with Gasteiger partial charge in [0.1, 0.15) is 5.92 Å². The smallest absolute Gasteiger partial charge is 0.313 e. The van der Waals surface area contributed by atoms with Crippen LogP contribution in [-0.2, 0) is 9.53 Å². The number of ether oxygens (including phenoxy) is 1. The first-order valence-corrected chi connectivity index (χ1v) is 6.83. The van der Waals surface area contributed by atoms with Crippen LogP contribution in [-0.4, -0.2) is 23.7 Å². The van der Waals surface area contributed by atoms with Crippen molar-refractivity contribution >= 4 is 23.3 Å². The van der Waals surface area contributed by atoms with Crippen LogP contribution < -0.4 is 10.6 Å². The topological polar surface area (TPSA) is 50.4 Å². The fourth-order valence-electron chi connectivity index (χ4n) is 2.39. The summed E-state index contributed by atoms with van der Waals surface area (Å²) in [6, 6.07) is 9.63. The van der Waals surface area contributed by atoms with Gasteiger partial charge in [-0.2, -0.15) is 0 Å². The molecule has 1 saturated heterocycles. The lowest BCUT2D eigenvalue weighted by Crippen LogP contribution is -2.57. The Morgan fingerprint density at radius 1 is 1.32 bits per heavy atom. The van der Waals surface area contributed by atoms with Crippen LogP contribution in [0, 0.1) is 5.92 Å².